The second-order valence-corrected chi connectivity index (χ2v) is 8.34. The van der Waals surface area contributed by atoms with E-state index in [-0.39, 0.29) is 17.3 Å². The molecule has 3 aromatic rings. The Morgan fingerprint density at radius 2 is 1.58 bits per heavy atom. The number of amides is 1. The first-order valence-electron chi connectivity index (χ1n) is 11.2. The van der Waals surface area contributed by atoms with Gasteiger partial charge in [0.1, 0.15) is 0 Å². The Bertz CT molecular complexity index is 1120. The van der Waals surface area contributed by atoms with E-state index >= 15 is 0 Å². The number of carbonyl (C=O) groups excluding carboxylic acids is 1. The third kappa shape index (κ3) is 5.75. The molecule has 33 heavy (non-hydrogen) atoms. The van der Waals surface area contributed by atoms with Crippen LogP contribution >= 0.6 is 0 Å². The van der Waals surface area contributed by atoms with Gasteiger partial charge in [-0.2, -0.15) is 0 Å². The highest BCUT2D eigenvalue weighted by Gasteiger charge is 2.15. The number of nitro benzene ring substituents is 1. The average molecular weight is 446 g/mol. The van der Waals surface area contributed by atoms with Crippen molar-refractivity contribution in [1.29, 1.82) is 0 Å². The number of nitro groups is 1. The molecule has 7 nitrogen and oxygen atoms in total. The lowest BCUT2D eigenvalue weighted by molar-refractivity contribution is -0.385. The van der Waals surface area contributed by atoms with Crippen molar-refractivity contribution in [3.63, 3.8) is 0 Å². The quantitative estimate of drug-likeness (QED) is 0.392. The summed E-state index contributed by atoms with van der Waals surface area (Å²) in [7, 11) is 0. The van der Waals surface area contributed by atoms with E-state index in [1.807, 2.05) is 0 Å². The fourth-order valence-corrected chi connectivity index (χ4v) is 4.10. The summed E-state index contributed by atoms with van der Waals surface area (Å²) in [6, 6.07) is 19.7. The van der Waals surface area contributed by atoms with E-state index in [0.29, 0.717) is 17.7 Å². The molecule has 0 bridgehead atoms. The van der Waals surface area contributed by atoms with Crippen molar-refractivity contribution in [3.8, 4) is 16.9 Å². The lowest BCUT2D eigenvalue weighted by atomic mass is 10.0. The lowest BCUT2D eigenvalue weighted by Crippen LogP contribution is -2.25. The first-order valence-corrected chi connectivity index (χ1v) is 11.2. The maximum absolute atomic E-state index is 12.5. The highest BCUT2D eigenvalue weighted by molar-refractivity contribution is 5.94. The number of phenols is 1. The highest BCUT2D eigenvalue weighted by Crippen LogP contribution is 2.31. The lowest BCUT2D eigenvalue weighted by Gasteiger charge is -2.14. The maximum atomic E-state index is 12.5. The number of aromatic hydroxyl groups is 1. The van der Waals surface area contributed by atoms with Crippen molar-refractivity contribution in [2.45, 2.75) is 25.8 Å². The minimum Gasteiger partial charge on any atom is -0.502 e. The van der Waals surface area contributed by atoms with Crippen LogP contribution in [0.4, 0.5) is 5.69 Å². The van der Waals surface area contributed by atoms with Crippen LogP contribution < -0.4 is 5.32 Å². The van der Waals surface area contributed by atoms with Gasteiger partial charge in [0.25, 0.3) is 5.91 Å². The number of likely N-dealkylation sites (tertiary alicyclic amines) is 1. The van der Waals surface area contributed by atoms with Crippen LogP contribution in [-0.2, 0) is 13.0 Å². The SMILES string of the molecule is O=C(NCCc1ccc(CN2CCCC2)cc1)c1ccc(-c2ccc(O)c([N+](=O)[O-])c2)cc1. The van der Waals surface area contributed by atoms with Gasteiger partial charge in [0, 0.05) is 24.7 Å². The van der Waals surface area contributed by atoms with Crippen LogP contribution in [0.1, 0.15) is 34.3 Å². The van der Waals surface area contributed by atoms with Gasteiger partial charge >= 0.3 is 5.69 Å². The number of carbonyl (C=O) groups is 1. The highest BCUT2D eigenvalue weighted by atomic mass is 16.6. The van der Waals surface area contributed by atoms with Crippen molar-refractivity contribution >= 4 is 11.6 Å². The molecule has 0 saturated carbocycles. The van der Waals surface area contributed by atoms with Crippen molar-refractivity contribution in [1.82, 2.24) is 10.2 Å². The fourth-order valence-electron chi connectivity index (χ4n) is 4.10. The molecule has 4 rings (SSSR count). The topological polar surface area (TPSA) is 95.7 Å². The summed E-state index contributed by atoms with van der Waals surface area (Å²) in [6.07, 6.45) is 3.34. The van der Waals surface area contributed by atoms with Gasteiger partial charge in [0.15, 0.2) is 5.75 Å². The third-order valence-electron chi connectivity index (χ3n) is 5.98. The molecule has 0 spiro atoms. The molecule has 2 N–H and O–H groups in total. The van der Waals surface area contributed by atoms with E-state index < -0.39 is 4.92 Å². The zero-order valence-electron chi connectivity index (χ0n) is 18.4. The summed E-state index contributed by atoms with van der Waals surface area (Å²) >= 11 is 0. The Hall–Kier alpha value is -3.71. The molecule has 0 atom stereocenters. The van der Waals surface area contributed by atoms with Gasteiger partial charge in [-0.1, -0.05) is 42.5 Å². The molecular formula is C26H27N3O4. The van der Waals surface area contributed by atoms with Crippen LogP contribution in [0.15, 0.2) is 66.7 Å². The molecule has 1 saturated heterocycles. The van der Waals surface area contributed by atoms with Crippen LogP contribution in [0.5, 0.6) is 5.75 Å². The summed E-state index contributed by atoms with van der Waals surface area (Å²) in [5.74, 6) is -0.537. The minimum absolute atomic E-state index is 0.163. The van der Waals surface area contributed by atoms with E-state index in [1.54, 1.807) is 30.3 Å². The number of hydrogen-bond donors (Lipinski definition) is 2. The van der Waals surface area contributed by atoms with Gasteiger partial charge in [-0.05, 0) is 72.8 Å². The number of rotatable bonds is 8. The monoisotopic (exact) mass is 445 g/mol. The molecule has 1 heterocycles. The zero-order chi connectivity index (χ0) is 23.2. The Balaban J connectivity index is 1.29. The van der Waals surface area contributed by atoms with Gasteiger partial charge in [-0.3, -0.25) is 19.8 Å². The average Bonchev–Trinajstić information content (AvgIpc) is 3.33. The first-order chi connectivity index (χ1) is 16.0. The van der Waals surface area contributed by atoms with Crippen LogP contribution in [-0.4, -0.2) is 40.5 Å². The van der Waals surface area contributed by atoms with E-state index in [9.17, 15) is 20.0 Å². The molecule has 1 amide bonds. The van der Waals surface area contributed by atoms with Gasteiger partial charge in [0.05, 0.1) is 4.92 Å². The summed E-state index contributed by atoms with van der Waals surface area (Å²) in [6.45, 7) is 3.91. The van der Waals surface area contributed by atoms with Crippen LogP contribution in [0, 0.1) is 10.1 Å². The maximum Gasteiger partial charge on any atom is 0.311 e. The van der Waals surface area contributed by atoms with Crippen molar-refractivity contribution in [3.05, 3.63) is 93.5 Å². The number of benzene rings is 3. The number of phenolic OH excluding ortho intramolecular Hbond substituents is 1. The summed E-state index contributed by atoms with van der Waals surface area (Å²) in [5, 5.41) is 23.6. The summed E-state index contributed by atoms with van der Waals surface area (Å²) in [4.78, 5) is 25.4. The van der Waals surface area contributed by atoms with E-state index in [0.717, 1.165) is 18.5 Å². The number of nitrogens with zero attached hydrogens (tertiary/aromatic N) is 2. The van der Waals surface area contributed by atoms with E-state index in [2.05, 4.69) is 34.5 Å². The first kappa shape index (κ1) is 22.5. The fraction of sp³-hybridized carbons (Fsp3) is 0.269. The molecule has 170 valence electrons. The smallest absolute Gasteiger partial charge is 0.311 e. The van der Waals surface area contributed by atoms with Gasteiger partial charge in [-0.15, -0.1) is 0 Å². The van der Waals surface area contributed by atoms with Crippen LogP contribution in [0.25, 0.3) is 11.1 Å². The Morgan fingerprint density at radius 3 is 2.24 bits per heavy atom. The normalized spacial score (nSPS) is 13.7. The van der Waals surface area contributed by atoms with Gasteiger partial charge in [-0.25, -0.2) is 0 Å². The van der Waals surface area contributed by atoms with Crippen LogP contribution in [0.2, 0.25) is 0 Å². The predicted molar refractivity (Wildman–Crippen MR) is 127 cm³/mol. The van der Waals surface area contributed by atoms with Crippen molar-refractivity contribution in [2.75, 3.05) is 19.6 Å². The molecule has 0 radical (unpaired) electrons. The molecule has 0 unspecified atom stereocenters. The second-order valence-electron chi connectivity index (χ2n) is 8.34. The van der Waals surface area contributed by atoms with Crippen molar-refractivity contribution in [2.24, 2.45) is 0 Å². The standard InChI is InChI=1S/C26H27N3O4/c30-25-12-11-23(17-24(25)29(32)33)21-7-9-22(10-8-21)26(31)27-14-13-19-3-5-20(6-4-19)18-28-15-1-2-16-28/h3-12,17,30H,1-2,13-16,18H2,(H,27,31). The minimum atomic E-state index is -0.623. The molecule has 0 aliphatic carbocycles. The zero-order valence-corrected chi connectivity index (χ0v) is 18.4. The molecule has 0 aromatic heterocycles. The predicted octanol–water partition coefficient (Wildman–Crippen LogP) is 4.54. The van der Waals surface area contributed by atoms with Gasteiger partial charge in [0.2, 0.25) is 0 Å². The molecule has 7 heteroatoms. The van der Waals surface area contributed by atoms with Crippen molar-refractivity contribution < 1.29 is 14.8 Å². The van der Waals surface area contributed by atoms with E-state index in [1.165, 1.54) is 49.2 Å². The molecule has 1 aliphatic heterocycles. The third-order valence-corrected chi connectivity index (χ3v) is 5.98. The number of nitrogens with one attached hydrogen (secondary N) is 1. The number of hydrogen-bond acceptors (Lipinski definition) is 5. The Morgan fingerprint density at radius 1 is 0.939 bits per heavy atom. The molecule has 1 aliphatic rings. The summed E-state index contributed by atoms with van der Waals surface area (Å²) in [5.41, 5.74) is 4.00. The van der Waals surface area contributed by atoms with E-state index in [4.69, 9.17) is 0 Å². The Labute approximate surface area is 192 Å². The van der Waals surface area contributed by atoms with Gasteiger partial charge < -0.3 is 10.4 Å². The Kier molecular flexibility index (Phi) is 7.00. The molecular weight excluding hydrogens is 418 g/mol. The molecule has 1 fully saturated rings. The van der Waals surface area contributed by atoms with Crippen LogP contribution in [0.3, 0.4) is 0 Å². The second kappa shape index (κ2) is 10.3. The summed E-state index contributed by atoms with van der Waals surface area (Å²) < 4.78 is 0. The molecule has 3 aromatic carbocycles. The largest absolute Gasteiger partial charge is 0.502 e.